The van der Waals surface area contributed by atoms with Crippen molar-refractivity contribution in [2.75, 3.05) is 18.1 Å². The van der Waals surface area contributed by atoms with E-state index < -0.39 is 0 Å². The largest absolute Gasteiger partial charge is 0.355 e. The SMILES string of the molecule is CNC(=O)c1cccc(NC(=O)CSc2nc3ccc(Cl)cc3[nH]2)c1. The average molecular weight is 375 g/mol. The highest BCUT2D eigenvalue weighted by molar-refractivity contribution is 7.99. The van der Waals surface area contributed by atoms with E-state index in [-0.39, 0.29) is 17.6 Å². The number of rotatable bonds is 5. The van der Waals surface area contributed by atoms with Gasteiger partial charge in [0.25, 0.3) is 5.91 Å². The van der Waals surface area contributed by atoms with E-state index in [0.29, 0.717) is 21.4 Å². The summed E-state index contributed by atoms with van der Waals surface area (Å²) >= 11 is 7.24. The van der Waals surface area contributed by atoms with Crippen molar-refractivity contribution in [1.82, 2.24) is 15.3 Å². The van der Waals surface area contributed by atoms with Crippen LogP contribution in [0.4, 0.5) is 5.69 Å². The van der Waals surface area contributed by atoms with Crippen molar-refractivity contribution in [2.45, 2.75) is 5.16 Å². The van der Waals surface area contributed by atoms with E-state index in [0.717, 1.165) is 11.0 Å². The summed E-state index contributed by atoms with van der Waals surface area (Å²) in [5.74, 6) is -0.193. The molecule has 0 saturated carbocycles. The molecule has 0 aliphatic carbocycles. The summed E-state index contributed by atoms with van der Waals surface area (Å²) in [7, 11) is 1.56. The van der Waals surface area contributed by atoms with Gasteiger partial charge in [-0.2, -0.15) is 0 Å². The molecule has 25 heavy (non-hydrogen) atoms. The van der Waals surface area contributed by atoms with E-state index in [9.17, 15) is 9.59 Å². The van der Waals surface area contributed by atoms with Gasteiger partial charge in [0.05, 0.1) is 16.8 Å². The van der Waals surface area contributed by atoms with Gasteiger partial charge in [0.1, 0.15) is 0 Å². The zero-order valence-electron chi connectivity index (χ0n) is 13.3. The average Bonchev–Trinajstić information content (AvgIpc) is 3.01. The first-order valence-electron chi connectivity index (χ1n) is 7.45. The van der Waals surface area contributed by atoms with Crippen molar-refractivity contribution in [1.29, 1.82) is 0 Å². The molecule has 3 aromatic rings. The van der Waals surface area contributed by atoms with Crippen molar-refractivity contribution in [3.8, 4) is 0 Å². The molecule has 6 nitrogen and oxygen atoms in total. The Labute approximate surface area is 153 Å². The quantitative estimate of drug-likeness (QED) is 0.598. The first kappa shape index (κ1) is 17.3. The molecule has 3 rings (SSSR count). The minimum atomic E-state index is -0.202. The number of nitrogens with one attached hydrogen (secondary N) is 3. The lowest BCUT2D eigenvalue weighted by Gasteiger charge is -2.06. The highest BCUT2D eigenvalue weighted by Gasteiger charge is 2.09. The highest BCUT2D eigenvalue weighted by atomic mass is 35.5. The molecule has 0 saturated heterocycles. The second kappa shape index (κ2) is 7.58. The van der Waals surface area contributed by atoms with Crippen LogP contribution in [0.3, 0.4) is 0 Å². The molecule has 0 aliphatic rings. The number of thioether (sulfide) groups is 1. The Balaban J connectivity index is 1.61. The molecule has 0 atom stereocenters. The summed E-state index contributed by atoms with van der Waals surface area (Å²) in [6.07, 6.45) is 0. The Hall–Kier alpha value is -2.51. The highest BCUT2D eigenvalue weighted by Crippen LogP contribution is 2.22. The first-order chi connectivity index (χ1) is 12.0. The molecule has 0 unspecified atom stereocenters. The lowest BCUT2D eigenvalue weighted by Crippen LogP contribution is -2.19. The second-order valence-corrected chi connectivity index (χ2v) is 6.60. The van der Waals surface area contributed by atoms with Crippen molar-refractivity contribution >= 4 is 51.9 Å². The van der Waals surface area contributed by atoms with Crippen LogP contribution in [0.25, 0.3) is 11.0 Å². The number of fused-ring (bicyclic) bond motifs is 1. The molecule has 2 amide bonds. The molecule has 0 fully saturated rings. The summed E-state index contributed by atoms with van der Waals surface area (Å²) in [5.41, 5.74) is 2.68. The fourth-order valence-corrected chi connectivity index (χ4v) is 3.10. The van der Waals surface area contributed by atoms with Gasteiger partial charge in [0.2, 0.25) is 5.91 Å². The van der Waals surface area contributed by atoms with Gasteiger partial charge < -0.3 is 15.6 Å². The number of benzene rings is 2. The third kappa shape index (κ3) is 4.32. The van der Waals surface area contributed by atoms with Gasteiger partial charge in [-0.25, -0.2) is 4.98 Å². The summed E-state index contributed by atoms with van der Waals surface area (Å²) in [5, 5.41) is 6.59. The summed E-state index contributed by atoms with van der Waals surface area (Å²) in [6.45, 7) is 0. The van der Waals surface area contributed by atoms with Crippen LogP contribution in [0.15, 0.2) is 47.6 Å². The van der Waals surface area contributed by atoms with Gasteiger partial charge in [-0.05, 0) is 36.4 Å². The number of imidazole rings is 1. The fraction of sp³-hybridized carbons (Fsp3) is 0.118. The molecule has 0 aliphatic heterocycles. The number of anilines is 1. The number of H-pyrrole nitrogens is 1. The first-order valence-corrected chi connectivity index (χ1v) is 8.81. The van der Waals surface area contributed by atoms with Crippen LogP contribution in [-0.2, 0) is 4.79 Å². The molecule has 2 aromatic carbocycles. The van der Waals surface area contributed by atoms with Gasteiger partial charge in [-0.1, -0.05) is 29.4 Å². The van der Waals surface area contributed by atoms with E-state index in [1.165, 1.54) is 11.8 Å². The molecule has 1 heterocycles. The molecule has 128 valence electrons. The standard InChI is InChI=1S/C17H15ClN4O2S/c1-19-16(24)10-3-2-4-12(7-10)20-15(23)9-25-17-21-13-6-5-11(18)8-14(13)22-17/h2-8H,9H2,1H3,(H,19,24)(H,20,23)(H,21,22). The van der Waals surface area contributed by atoms with E-state index in [1.54, 1.807) is 43.4 Å². The van der Waals surface area contributed by atoms with Gasteiger partial charge in [-0.3, -0.25) is 9.59 Å². The van der Waals surface area contributed by atoms with Crippen molar-refractivity contribution in [2.24, 2.45) is 0 Å². The predicted octanol–water partition coefficient (Wildman–Crippen LogP) is 3.31. The Bertz CT molecular complexity index is 941. The number of amides is 2. The zero-order valence-corrected chi connectivity index (χ0v) is 14.9. The number of hydrogen-bond acceptors (Lipinski definition) is 4. The van der Waals surface area contributed by atoms with Crippen molar-refractivity contribution in [3.05, 3.63) is 53.1 Å². The van der Waals surface area contributed by atoms with Crippen LogP contribution < -0.4 is 10.6 Å². The smallest absolute Gasteiger partial charge is 0.251 e. The number of hydrogen-bond donors (Lipinski definition) is 3. The number of aromatic amines is 1. The maximum absolute atomic E-state index is 12.1. The minimum Gasteiger partial charge on any atom is -0.355 e. The van der Waals surface area contributed by atoms with Crippen LogP contribution in [0.2, 0.25) is 5.02 Å². The van der Waals surface area contributed by atoms with Crippen LogP contribution in [0, 0.1) is 0 Å². The third-order valence-corrected chi connectivity index (χ3v) is 4.51. The second-order valence-electron chi connectivity index (χ2n) is 5.20. The van der Waals surface area contributed by atoms with Crippen molar-refractivity contribution in [3.63, 3.8) is 0 Å². The Morgan fingerprint density at radius 2 is 2.08 bits per heavy atom. The number of nitrogens with zero attached hydrogens (tertiary/aromatic N) is 1. The number of carbonyl (C=O) groups excluding carboxylic acids is 2. The van der Waals surface area contributed by atoms with Gasteiger partial charge >= 0.3 is 0 Å². The Kier molecular flexibility index (Phi) is 5.25. The third-order valence-electron chi connectivity index (χ3n) is 3.40. The molecule has 0 spiro atoms. The molecular weight excluding hydrogens is 360 g/mol. The van der Waals surface area contributed by atoms with Crippen LogP contribution >= 0.6 is 23.4 Å². The van der Waals surface area contributed by atoms with E-state index in [2.05, 4.69) is 20.6 Å². The summed E-state index contributed by atoms with van der Waals surface area (Å²) in [6, 6.07) is 12.1. The Morgan fingerprint density at radius 1 is 1.24 bits per heavy atom. The summed E-state index contributed by atoms with van der Waals surface area (Å²) < 4.78 is 0. The number of halogens is 1. The molecule has 0 radical (unpaired) electrons. The Morgan fingerprint density at radius 3 is 2.88 bits per heavy atom. The van der Waals surface area contributed by atoms with Crippen LogP contribution in [-0.4, -0.2) is 34.6 Å². The zero-order chi connectivity index (χ0) is 17.8. The monoisotopic (exact) mass is 374 g/mol. The van der Waals surface area contributed by atoms with Crippen LogP contribution in [0.5, 0.6) is 0 Å². The van der Waals surface area contributed by atoms with E-state index in [1.807, 2.05) is 6.07 Å². The van der Waals surface area contributed by atoms with Gasteiger partial charge in [-0.15, -0.1) is 0 Å². The molecule has 1 aromatic heterocycles. The van der Waals surface area contributed by atoms with E-state index in [4.69, 9.17) is 11.6 Å². The topological polar surface area (TPSA) is 86.9 Å². The maximum Gasteiger partial charge on any atom is 0.251 e. The molecule has 8 heteroatoms. The van der Waals surface area contributed by atoms with Crippen molar-refractivity contribution < 1.29 is 9.59 Å². The number of aromatic nitrogens is 2. The molecular formula is C17H15ClN4O2S. The van der Waals surface area contributed by atoms with E-state index >= 15 is 0 Å². The fourth-order valence-electron chi connectivity index (χ4n) is 2.24. The minimum absolute atomic E-state index is 0.183. The molecule has 3 N–H and O–H groups in total. The maximum atomic E-state index is 12.1. The summed E-state index contributed by atoms with van der Waals surface area (Å²) in [4.78, 5) is 31.3. The normalized spacial score (nSPS) is 10.6. The predicted molar refractivity (Wildman–Crippen MR) is 100 cm³/mol. The lowest BCUT2D eigenvalue weighted by molar-refractivity contribution is -0.113. The van der Waals surface area contributed by atoms with Crippen LogP contribution in [0.1, 0.15) is 10.4 Å². The van der Waals surface area contributed by atoms with Gasteiger partial charge in [0, 0.05) is 23.3 Å². The lowest BCUT2D eigenvalue weighted by atomic mass is 10.2. The number of carbonyl (C=O) groups is 2. The molecule has 0 bridgehead atoms. The van der Waals surface area contributed by atoms with Gasteiger partial charge in [0.15, 0.2) is 5.16 Å².